The second-order valence-corrected chi connectivity index (χ2v) is 4.23. The molecular weight excluding hydrogens is 272 g/mol. The molecule has 110 valence electrons. The molecule has 1 heterocycles. The fourth-order valence-electron chi connectivity index (χ4n) is 1.64. The highest BCUT2D eigenvalue weighted by Gasteiger charge is 2.14. The van der Waals surface area contributed by atoms with Crippen LogP contribution in [0.1, 0.15) is 34.3 Å². The summed E-state index contributed by atoms with van der Waals surface area (Å²) in [5, 5.41) is 0. The van der Waals surface area contributed by atoms with Crippen LogP contribution in [0.4, 0.5) is 0 Å². The number of benzene rings is 1. The number of para-hydroxylation sites is 1. The van der Waals surface area contributed by atoms with Crippen LogP contribution in [0.3, 0.4) is 0 Å². The number of ether oxygens (including phenoxy) is 1. The van der Waals surface area contributed by atoms with E-state index in [1.54, 1.807) is 30.3 Å². The minimum Gasteiger partial charge on any atom is -0.493 e. The van der Waals surface area contributed by atoms with Crippen molar-refractivity contribution in [3.8, 4) is 5.75 Å². The molecule has 1 aromatic heterocycles. The predicted octanol–water partition coefficient (Wildman–Crippen LogP) is 2.14. The largest absolute Gasteiger partial charge is 0.493 e. The monoisotopic (exact) mass is 288 g/mol. The zero-order valence-electron chi connectivity index (χ0n) is 11.6. The molecule has 0 aliphatic heterocycles. The molecule has 6 heteroatoms. The average molecular weight is 288 g/mol. The third-order valence-corrected chi connectivity index (χ3v) is 2.63. The fourth-order valence-corrected chi connectivity index (χ4v) is 1.64. The van der Waals surface area contributed by atoms with Crippen molar-refractivity contribution in [3.05, 3.63) is 54.0 Å². The highest BCUT2D eigenvalue weighted by molar-refractivity contribution is 5.99. The van der Waals surface area contributed by atoms with Gasteiger partial charge < -0.3 is 9.15 Å². The summed E-state index contributed by atoms with van der Waals surface area (Å²) >= 11 is 0. The summed E-state index contributed by atoms with van der Waals surface area (Å²) in [6.07, 6.45) is 2.22. The van der Waals surface area contributed by atoms with Gasteiger partial charge >= 0.3 is 5.91 Å². The molecule has 21 heavy (non-hydrogen) atoms. The Bertz CT molecular complexity index is 608. The molecule has 0 saturated heterocycles. The molecule has 2 aromatic rings. The van der Waals surface area contributed by atoms with Gasteiger partial charge in [-0.15, -0.1) is 0 Å². The van der Waals surface area contributed by atoms with Crippen LogP contribution in [0.25, 0.3) is 0 Å². The van der Waals surface area contributed by atoms with Crippen molar-refractivity contribution in [2.75, 3.05) is 6.61 Å². The Morgan fingerprint density at radius 3 is 2.57 bits per heavy atom. The first kappa shape index (κ1) is 14.6. The zero-order chi connectivity index (χ0) is 15.1. The Morgan fingerprint density at radius 1 is 1.10 bits per heavy atom. The van der Waals surface area contributed by atoms with Crippen LogP contribution in [0.2, 0.25) is 0 Å². The summed E-state index contributed by atoms with van der Waals surface area (Å²) in [7, 11) is 0. The maximum Gasteiger partial charge on any atom is 0.305 e. The standard InChI is InChI=1S/C15H16N2O4/c1-2-9-20-12-7-4-3-6-11(12)14(18)16-17-15(19)13-8-5-10-21-13/h3-8,10H,2,9H2,1H3,(H,16,18)(H,17,19). The Hall–Kier alpha value is -2.76. The van der Waals surface area contributed by atoms with E-state index < -0.39 is 11.8 Å². The van der Waals surface area contributed by atoms with Gasteiger partial charge in [-0.05, 0) is 30.7 Å². The summed E-state index contributed by atoms with van der Waals surface area (Å²) in [4.78, 5) is 23.7. The molecule has 0 atom stereocenters. The summed E-state index contributed by atoms with van der Waals surface area (Å²) in [6.45, 7) is 2.50. The number of nitrogens with one attached hydrogen (secondary N) is 2. The van der Waals surface area contributed by atoms with E-state index in [9.17, 15) is 9.59 Å². The van der Waals surface area contributed by atoms with E-state index in [4.69, 9.17) is 9.15 Å². The van der Waals surface area contributed by atoms with Gasteiger partial charge in [0.05, 0.1) is 18.4 Å². The zero-order valence-corrected chi connectivity index (χ0v) is 11.6. The smallest absolute Gasteiger partial charge is 0.305 e. The number of hydrogen-bond acceptors (Lipinski definition) is 4. The van der Waals surface area contributed by atoms with Crippen LogP contribution in [-0.2, 0) is 0 Å². The van der Waals surface area contributed by atoms with Crippen LogP contribution in [0.15, 0.2) is 47.1 Å². The molecule has 0 radical (unpaired) electrons. The third-order valence-electron chi connectivity index (χ3n) is 2.63. The number of hydrogen-bond donors (Lipinski definition) is 2. The van der Waals surface area contributed by atoms with Crippen LogP contribution in [0, 0.1) is 0 Å². The van der Waals surface area contributed by atoms with Gasteiger partial charge in [-0.25, -0.2) is 0 Å². The van der Waals surface area contributed by atoms with E-state index >= 15 is 0 Å². The molecule has 6 nitrogen and oxygen atoms in total. The van der Waals surface area contributed by atoms with E-state index in [-0.39, 0.29) is 5.76 Å². The van der Waals surface area contributed by atoms with Crippen molar-refractivity contribution in [2.24, 2.45) is 0 Å². The van der Waals surface area contributed by atoms with Crippen molar-refractivity contribution >= 4 is 11.8 Å². The molecule has 0 unspecified atom stereocenters. The second-order valence-electron chi connectivity index (χ2n) is 4.23. The van der Waals surface area contributed by atoms with Gasteiger partial charge in [0.1, 0.15) is 5.75 Å². The Balaban J connectivity index is 1.98. The molecular formula is C15H16N2O4. The molecule has 0 aliphatic rings. The maximum absolute atomic E-state index is 12.1. The quantitative estimate of drug-likeness (QED) is 0.826. The van der Waals surface area contributed by atoms with Gasteiger partial charge in [0.25, 0.3) is 5.91 Å². The molecule has 0 spiro atoms. The van der Waals surface area contributed by atoms with Crippen molar-refractivity contribution in [1.29, 1.82) is 0 Å². The first-order valence-electron chi connectivity index (χ1n) is 6.58. The highest BCUT2D eigenvalue weighted by Crippen LogP contribution is 2.17. The average Bonchev–Trinajstić information content (AvgIpc) is 3.05. The van der Waals surface area contributed by atoms with Crippen molar-refractivity contribution in [1.82, 2.24) is 10.9 Å². The lowest BCUT2D eigenvalue weighted by Crippen LogP contribution is -2.41. The van der Waals surface area contributed by atoms with Crippen LogP contribution in [0.5, 0.6) is 5.75 Å². The molecule has 2 N–H and O–H groups in total. The second kappa shape index (κ2) is 7.14. The number of furan rings is 1. The summed E-state index contributed by atoms with van der Waals surface area (Å²) in [5.41, 5.74) is 4.96. The predicted molar refractivity (Wildman–Crippen MR) is 75.9 cm³/mol. The lowest BCUT2D eigenvalue weighted by Gasteiger charge is -2.11. The van der Waals surface area contributed by atoms with Gasteiger partial charge in [0, 0.05) is 0 Å². The van der Waals surface area contributed by atoms with E-state index in [1.165, 1.54) is 12.3 Å². The van der Waals surface area contributed by atoms with Crippen molar-refractivity contribution < 1.29 is 18.7 Å². The minimum atomic E-state index is -0.527. The van der Waals surface area contributed by atoms with Gasteiger partial charge in [-0.3, -0.25) is 20.4 Å². The van der Waals surface area contributed by atoms with Crippen LogP contribution >= 0.6 is 0 Å². The van der Waals surface area contributed by atoms with Crippen molar-refractivity contribution in [2.45, 2.75) is 13.3 Å². The van der Waals surface area contributed by atoms with Crippen molar-refractivity contribution in [3.63, 3.8) is 0 Å². The summed E-state index contributed by atoms with van der Waals surface area (Å²) < 4.78 is 10.4. The van der Waals surface area contributed by atoms with E-state index in [2.05, 4.69) is 10.9 Å². The molecule has 0 aliphatic carbocycles. The molecule has 2 amide bonds. The number of amides is 2. The summed E-state index contributed by atoms with van der Waals surface area (Å²) in [6, 6.07) is 9.92. The lowest BCUT2D eigenvalue weighted by atomic mass is 10.2. The number of carbonyl (C=O) groups excluding carboxylic acids is 2. The van der Waals surface area contributed by atoms with E-state index in [0.29, 0.717) is 17.9 Å². The minimum absolute atomic E-state index is 0.116. The van der Waals surface area contributed by atoms with Gasteiger partial charge in [0.2, 0.25) is 0 Å². The Morgan fingerprint density at radius 2 is 1.86 bits per heavy atom. The third kappa shape index (κ3) is 3.85. The molecule has 1 aromatic carbocycles. The first-order chi connectivity index (χ1) is 10.2. The summed E-state index contributed by atoms with van der Waals surface area (Å²) in [5.74, 6) is -0.392. The van der Waals surface area contributed by atoms with Crippen LogP contribution < -0.4 is 15.6 Å². The molecule has 0 saturated carbocycles. The van der Waals surface area contributed by atoms with Gasteiger partial charge in [0.15, 0.2) is 5.76 Å². The van der Waals surface area contributed by atoms with Gasteiger partial charge in [-0.2, -0.15) is 0 Å². The van der Waals surface area contributed by atoms with E-state index in [0.717, 1.165) is 6.42 Å². The van der Waals surface area contributed by atoms with E-state index in [1.807, 2.05) is 6.92 Å². The molecule has 0 bridgehead atoms. The van der Waals surface area contributed by atoms with Crippen LogP contribution in [-0.4, -0.2) is 18.4 Å². The SMILES string of the molecule is CCCOc1ccccc1C(=O)NNC(=O)c1ccco1. The Labute approximate surface area is 122 Å². The maximum atomic E-state index is 12.1. The first-order valence-corrected chi connectivity index (χ1v) is 6.58. The number of rotatable bonds is 5. The number of hydrazine groups is 1. The van der Waals surface area contributed by atoms with Gasteiger partial charge in [-0.1, -0.05) is 19.1 Å². The topological polar surface area (TPSA) is 80.6 Å². The lowest BCUT2D eigenvalue weighted by molar-refractivity contribution is 0.0829. The normalized spacial score (nSPS) is 9.95. The Kier molecular flexibility index (Phi) is 4.98. The number of carbonyl (C=O) groups is 2. The molecule has 0 fully saturated rings. The molecule has 2 rings (SSSR count). The fraction of sp³-hybridized carbons (Fsp3) is 0.200. The highest BCUT2D eigenvalue weighted by atomic mass is 16.5.